The van der Waals surface area contributed by atoms with Crippen molar-refractivity contribution >= 4 is 23.6 Å². The highest BCUT2D eigenvalue weighted by Gasteiger charge is 2.11. The highest BCUT2D eigenvalue weighted by Crippen LogP contribution is 2.36. The van der Waals surface area contributed by atoms with Crippen LogP contribution in [-0.2, 0) is 4.79 Å². The molecular formula is C16H22ClNO3. The van der Waals surface area contributed by atoms with Gasteiger partial charge in [-0.3, -0.25) is 4.79 Å². The summed E-state index contributed by atoms with van der Waals surface area (Å²) < 4.78 is 10.9. The van der Waals surface area contributed by atoms with Crippen LogP contribution in [0.25, 0.3) is 6.08 Å². The number of nitrogens with one attached hydrogen (secondary N) is 1. The van der Waals surface area contributed by atoms with Crippen molar-refractivity contribution in [3.8, 4) is 11.5 Å². The lowest BCUT2D eigenvalue weighted by atomic mass is 10.2. The Labute approximate surface area is 131 Å². The fourth-order valence-electron chi connectivity index (χ4n) is 1.66. The molecule has 1 aromatic carbocycles. The molecule has 5 heteroatoms. The van der Waals surface area contributed by atoms with Gasteiger partial charge in [0.25, 0.3) is 0 Å². The molecule has 0 heterocycles. The van der Waals surface area contributed by atoms with Gasteiger partial charge in [0.15, 0.2) is 11.5 Å². The molecule has 1 rings (SSSR count). The minimum Gasteiger partial charge on any atom is -0.493 e. The number of hydrogen-bond acceptors (Lipinski definition) is 3. The fraction of sp³-hybridized carbons (Fsp3) is 0.438. The highest BCUT2D eigenvalue weighted by molar-refractivity contribution is 6.32. The summed E-state index contributed by atoms with van der Waals surface area (Å²) in [4.78, 5) is 11.5. The highest BCUT2D eigenvalue weighted by atomic mass is 35.5. The number of benzene rings is 1. The molecule has 21 heavy (non-hydrogen) atoms. The van der Waals surface area contributed by atoms with E-state index in [-0.39, 0.29) is 5.91 Å². The van der Waals surface area contributed by atoms with E-state index in [0.29, 0.717) is 29.7 Å². The Morgan fingerprint density at radius 3 is 2.71 bits per heavy atom. The van der Waals surface area contributed by atoms with Crippen molar-refractivity contribution in [2.24, 2.45) is 0 Å². The Bertz CT molecular complexity index is 501. The van der Waals surface area contributed by atoms with E-state index in [9.17, 15) is 4.79 Å². The number of carbonyl (C=O) groups excluding carboxylic acids is 1. The summed E-state index contributed by atoms with van der Waals surface area (Å²) in [6.45, 7) is 5.26. The smallest absolute Gasteiger partial charge is 0.243 e. The zero-order valence-corrected chi connectivity index (χ0v) is 13.5. The van der Waals surface area contributed by atoms with Crippen LogP contribution in [-0.4, -0.2) is 26.2 Å². The van der Waals surface area contributed by atoms with E-state index in [4.69, 9.17) is 21.1 Å². The molecule has 0 atom stereocenters. The van der Waals surface area contributed by atoms with E-state index in [1.54, 1.807) is 25.3 Å². The lowest BCUT2D eigenvalue weighted by Crippen LogP contribution is -2.21. The number of methoxy groups -OCH3 is 1. The van der Waals surface area contributed by atoms with Gasteiger partial charge in [-0.25, -0.2) is 0 Å². The molecule has 0 saturated carbocycles. The Morgan fingerprint density at radius 1 is 1.33 bits per heavy atom. The van der Waals surface area contributed by atoms with E-state index in [1.165, 1.54) is 6.08 Å². The number of halogens is 1. The second-order valence-electron chi connectivity index (χ2n) is 4.51. The van der Waals surface area contributed by atoms with Gasteiger partial charge in [-0.15, -0.1) is 0 Å². The van der Waals surface area contributed by atoms with Crippen LogP contribution in [0.15, 0.2) is 18.2 Å². The van der Waals surface area contributed by atoms with Crippen LogP contribution >= 0.6 is 11.6 Å². The lowest BCUT2D eigenvalue weighted by Gasteiger charge is -2.12. The quantitative estimate of drug-likeness (QED) is 0.745. The third kappa shape index (κ3) is 5.68. The normalized spacial score (nSPS) is 10.7. The number of ether oxygens (including phenoxy) is 2. The average Bonchev–Trinajstić information content (AvgIpc) is 2.49. The van der Waals surface area contributed by atoms with Gasteiger partial charge < -0.3 is 14.8 Å². The number of hydrogen-bond donors (Lipinski definition) is 1. The summed E-state index contributed by atoms with van der Waals surface area (Å²) in [5.74, 6) is 0.969. The molecule has 0 bridgehead atoms. The molecule has 4 nitrogen and oxygen atoms in total. The molecule has 0 radical (unpaired) electrons. The largest absolute Gasteiger partial charge is 0.493 e. The Hall–Kier alpha value is -1.68. The lowest BCUT2D eigenvalue weighted by molar-refractivity contribution is -0.116. The average molecular weight is 312 g/mol. The van der Waals surface area contributed by atoms with Crippen LogP contribution in [0.5, 0.6) is 11.5 Å². The van der Waals surface area contributed by atoms with Gasteiger partial charge in [-0.05, 0) is 36.6 Å². The standard InChI is InChI=1S/C16H22ClNO3/c1-4-8-18-15(19)7-6-12-10-13(17)16(21-9-5-2)14(11-12)20-3/h6-7,10-11H,4-5,8-9H2,1-3H3,(H,18,19)/b7-6+. The second-order valence-corrected chi connectivity index (χ2v) is 4.91. The second kappa shape index (κ2) is 9.29. The fourth-order valence-corrected chi connectivity index (χ4v) is 1.93. The summed E-state index contributed by atoms with van der Waals surface area (Å²) in [6.07, 6.45) is 4.97. The van der Waals surface area contributed by atoms with Gasteiger partial charge in [0.05, 0.1) is 18.7 Å². The van der Waals surface area contributed by atoms with Crippen LogP contribution in [0, 0.1) is 0 Å². The first kappa shape index (κ1) is 17.4. The van der Waals surface area contributed by atoms with Crippen molar-refractivity contribution in [2.45, 2.75) is 26.7 Å². The van der Waals surface area contributed by atoms with Gasteiger partial charge in [0.2, 0.25) is 5.91 Å². The van der Waals surface area contributed by atoms with Crippen LogP contribution in [0.3, 0.4) is 0 Å². The number of carbonyl (C=O) groups is 1. The van der Waals surface area contributed by atoms with Crippen molar-refractivity contribution in [3.63, 3.8) is 0 Å². The number of rotatable bonds is 8. The van der Waals surface area contributed by atoms with Crippen LogP contribution in [0.2, 0.25) is 5.02 Å². The molecule has 1 aromatic rings. The van der Waals surface area contributed by atoms with E-state index < -0.39 is 0 Å². The van der Waals surface area contributed by atoms with Gasteiger partial charge in [0.1, 0.15) is 0 Å². The predicted octanol–water partition coefficient (Wildman–Crippen LogP) is 3.68. The van der Waals surface area contributed by atoms with Gasteiger partial charge in [-0.2, -0.15) is 0 Å². The summed E-state index contributed by atoms with van der Waals surface area (Å²) in [5, 5.41) is 3.24. The molecule has 0 unspecified atom stereocenters. The summed E-state index contributed by atoms with van der Waals surface area (Å²) >= 11 is 6.21. The van der Waals surface area contributed by atoms with Crippen molar-refractivity contribution in [2.75, 3.05) is 20.3 Å². The third-order valence-electron chi connectivity index (χ3n) is 2.68. The monoisotopic (exact) mass is 311 g/mol. The van der Waals surface area contributed by atoms with Crippen molar-refractivity contribution in [1.29, 1.82) is 0 Å². The number of amides is 1. The molecule has 1 amide bonds. The zero-order chi connectivity index (χ0) is 15.7. The molecule has 116 valence electrons. The minimum atomic E-state index is -0.127. The predicted molar refractivity (Wildman–Crippen MR) is 86.1 cm³/mol. The van der Waals surface area contributed by atoms with Crippen LogP contribution in [0.1, 0.15) is 32.3 Å². The molecule has 0 aliphatic heterocycles. The molecule has 0 spiro atoms. The Balaban J connectivity index is 2.87. The maximum atomic E-state index is 11.5. The maximum Gasteiger partial charge on any atom is 0.243 e. The van der Waals surface area contributed by atoms with E-state index >= 15 is 0 Å². The first-order valence-electron chi connectivity index (χ1n) is 7.08. The van der Waals surface area contributed by atoms with E-state index in [0.717, 1.165) is 18.4 Å². The maximum absolute atomic E-state index is 11.5. The van der Waals surface area contributed by atoms with Crippen molar-refractivity contribution < 1.29 is 14.3 Å². The first-order valence-corrected chi connectivity index (χ1v) is 7.46. The topological polar surface area (TPSA) is 47.6 Å². The van der Waals surface area contributed by atoms with Gasteiger partial charge in [0, 0.05) is 12.6 Å². The van der Waals surface area contributed by atoms with Crippen molar-refractivity contribution in [1.82, 2.24) is 5.32 Å². The van der Waals surface area contributed by atoms with E-state index in [2.05, 4.69) is 5.32 Å². The Kier molecular flexibility index (Phi) is 7.69. The summed E-state index contributed by atoms with van der Waals surface area (Å²) in [5.41, 5.74) is 0.785. The van der Waals surface area contributed by atoms with Crippen molar-refractivity contribution in [3.05, 3.63) is 28.8 Å². The molecule has 0 aromatic heterocycles. The molecule has 0 saturated heterocycles. The Morgan fingerprint density at radius 2 is 2.10 bits per heavy atom. The molecule has 1 N–H and O–H groups in total. The van der Waals surface area contributed by atoms with Crippen LogP contribution in [0.4, 0.5) is 0 Å². The summed E-state index contributed by atoms with van der Waals surface area (Å²) in [7, 11) is 1.56. The third-order valence-corrected chi connectivity index (χ3v) is 2.96. The molecular weight excluding hydrogens is 290 g/mol. The molecule has 0 aliphatic carbocycles. The summed E-state index contributed by atoms with van der Waals surface area (Å²) in [6, 6.07) is 3.54. The molecule has 0 fully saturated rings. The minimum absolute atomic E-state index is 0.127. The SMILES string of the molecule is CCCNC(=O)/C=C/c1cc(Cl)c(OCCC)c(OC)c1. The van der Waals surface area contributed by atoms with Gasteiger partial charge >= 0.3 is 0 Å². The zero-order valence-electron chi connectivity index (χ0n) is 12.7. The van der Waals surface area contributed by atoms with Crippen LogP contribution < -0.4 is 14.8 Å². The first-order chi connectivity index (χ1) is 10.1. The van der Waals surface area contributed by atoms with E-state index in [1.807, 2.05) is 13.8 Å². The molecule has 0 aliphatic rings. The van der Waals surface area contributed by atoms with Gasteiger partial charge in [-0.1, -0.05) is 25.4 Å².